The fourth-order valence-electron chi connectivity index (χ4n) is 2.78. The number of hydrogen-bond acceptors (Lipinski definition) is 5. The number of carbonyl (C=O) groups is 2. The van der Waals surface area contributed by atoms with E-state index in [4.69, 9.17) is 9.84 Å². The van der Waals surface area contributed by atoms with Crippen molar-refractivity contribution in [3.8, 4) is 11.1 Å². The molecule has 1 aromatic carbocycles. The fraction of sp³-hybridized carbons (Fsp3) is 0.278. The normalized spacial score (nSPS) is 16.7. The lowest BCUT2D eigenvalue weighted by Gasteiger charge is -2.16. The molecule has 1 aliphatic rings. The van der Waals surface area contributed by atoms with Gasteiger partial charge in [0.1, 0.15) is 11.8 Å². The number of anilines is 1. The van der Waals surface area contributed by atoms with Crippen molar-refractivity contribution in [2.24, 2.45) is 0 Å². The maximum absolute atomic E-state index is 11.9. The van der Waals surface area contributed by atoms with Crippen molar-refractivity contribution < 1.29 is 19.4 Å². The fourth-order valence-corrected chi connectivity index (χ4v) is 2.78. The van der Waals surface area contributed by atoms with Crippen LogP contribution in [0.5, 0.6) is 0 Å². The standard InChI is InChI=1S/C18H19N3O4/c1-11-7-12(13-3-5-15(20-8-13)17(23)19-2)4-6-16(11)21-9-14(10-22)25-18(21)24/h3-8,14,22H,9-10H2,1-2H3,(H,19,23)/t14-/m1/s1. The molecular formula is C18H19N3O4. The zero-order valence-corrected chi connectivity index (χ0v) is 14.0. The summed E-state index contributed by atoms with van der Waals surface area (Å²) in [7, 11) is 1.56. The van der Waals surface area contributed by atoms with Crippen LogP contribution in [0.3, 0.4) is 0 Å². The summed E-state index contributed by atoms with van der Waals surface area (Å²) in [5, 5.41) is 11.7. The van der Waals surface area contributed by atoms with Crippen molar-refractivity contribution >= 4 is 17.7 Å². The van der Waals surface area contributed by atoms with Gasteiger partial charge in [-0.25, -0.2) is 4.79 Å². The summed E-state index contributed by atoms with van der Waals surface area (Å²) < 4.78 is 5.08. The Hall–Kier alpha value is -2.93. The van der Waals surface area contributed by atoms with Gasteiger partial charge in [0.2, 0.25) is 0 Å². The monoisotopic (exact) mass is 341 g/mol. The molecule has 130 valence electrons. The van der Waals surface area contributed by atoms with E-state index in [0.29, 0.717) is 12.2 Å². The third kappa shape index (κ3) is 3.32. The lowest BCUT2D eigenvalue weighted by atomic mass is 10.0. The summed E-state index contributed by atoms with van der Waals surface area (Å²) in [5.74, 6) is -0.232. The van der Waals surface area contributed by atoms with Gasteiger partial charge in [0.15, 0.2) is 0 Å². The Morgan fingerprint density at radius 1 is 1.36 bits per heavy atom. The molecule has 1 aromatic heterocycles. The van der Waals surface area contributed by atoms with Gasteiger partial charge >= 0.3 is 6.09 Å². The molecule has 7 heteroatoms. The second kappa shape index (κ2) is 6.90. The molecule has 3 rings (SSSR count). The molecule has 2 aromatic rings. The van der Waals surface area contributed by atoms with Gasteiger partial charge in [0.25, 0.3) is 5.91 Å². The van der Waals surface area contributed by atoms with Crippen LogP contribution >= 0.6 is 0 Å². The molecule has 0 bridgehead atoms. The highest BCUT2D eigenvalue weighted by Gasteiger charge is 2.32. The number of aliphatic hydroxyl groups excluding tert-OH is 1. The first-order chi connectivity index (χ1) is 12.0. The molecule has 2 amide bonds. The Morgan fingerprint density at radius 2 is 2.12 bits per heavy atom. The number of aromatic nitrogens is 1. The molecule has 2 N–H and O–H groups in total. The van der Waals surface area contributed by atoms with Gasteiger partial charge in [0.05, 0.1) is 18.8 Å². The van der Waals surface area contributed by atoms with E-state index in [1.165, 1.54) is 4.90 Å². The second-order valence-electron chi connectivity index (χ2n) is 5.81. The van der Waals surface area contributed by atoms with Crippen LogP contribution in [0.25, 0.3) is 11.1 Å². The van der Waals surface area contributed by atoms with Gasteiger partial charge in [-0.1, -0.05) is 12.1 Å². The minimum absolute atomic E-state index is 0.192. The zero-order valence-electron chi connectivity index (χ0n) is 14.0. The van der Waals surface area contributed by atoms with Crippen LogP contribution in [0.2, 0.25) is 0 Å². The summed E-state index contributed by atoms with van der Waals surface area (Å²) >= 11 is 0. The maximum atomic E-state index is 11.9. The molecule has 0 spiro atoms. The number of carbonyl (C=O) groups excluding carboxylic acids is 2. The summed E-state index contributed by atoms with van der Waals surface area (Å²) in [4.78, 5) is 29.2. The third-order valence-electron chi connectivity index (χ3n) is 4.12. The maximum Gasteiger partial charge on any atom is 0.414 e. The van der Waals surface area contributed by atoms with Crippen molar-refractivity contribution in [2.75, 3.05) is 25.1 Å². The van der Waals surface area contributed by atoms with Crippen molar-refractivity contribution in [2.45, 2.75) is 13.0 Å². The molecular weight excluding hydrogens is 322 g/mol. The average Bonchev–Trinajstić information content (AvgIpc) is 3.01. The largest absolute Gasteiger partial charge is 0.441 e. The molecule has 1 saturated heterocycles. The van der Waals surface area contributed by atoms with Gasteiger partial charge in [-0.05, 0) is 36.2 Å². The predicted octanol–water partition coefficient (Wildman–Crippen LogP) is 1.73. The van der Waals surface area contributed by atoms with Crippen molar-refractivity contribution in [1.82, 2.24) is 10.3 Å². The molecule has 1 fully saturated rings. The van der Waals surface area contributed by atoms with Gasteiger partial charge < -0.3 is 15.2 Å². The van der Waals surface area contributed by atoms with E-state index in [0.717, 1.165) is 22.4 Å². The molecule has 0 unspecified atom stereocenters. The van der Waals surface area contributed by atoms with E-state index < -0.39 is 12.2 Å². The van der Waals surface area contributed by atoms with E-state index in [1.807, 2.05) is 31.2 Å². The number of cyclic esters (lactones) is 1. The van der Waals surface area contributed by atoms with E-state index in [2.05, 4.69) is 10.3 Å². The highest BCUT2D eigenvalue weighted by Crippen LogP contribution is 2.29. The quantitative estimate of drug-likeness (QED) is 0.884. The Bertz CT molecular complexity index is 804. The highest BCUT2D eigenvalue weighted by atomic mass is 16.6. The van der Waals surface area contributed by atoms with E-state index >= 15 is 0 Å². The minimum Gasteiger partial charge on any atom is -0.441 e. The number of aliphatic hydroxyl groups is 1. The van der Waals surface area contributed by atoms with Crippen LogP contribution in [-0.4, -0.2) is 48.4 Å². The molecule has 1 aliphatic heterocycles. The number of nitrogens with zero attached hydrogens (tertiary/aromatic N) is 2. The summed E-state index contributed by atoms with van der Waals surface area (Å²) in [6.45, 7) is 2.05. The number of nitrogens with one attached hydrogen (secondary N) is 1. The van der Waals surface area contributed by atoms with Crippen LogP contribution in [0.4, 0.5) is 10.5 Å². The molecule has 2 heterocycles. The first kappa shape index (κ1) is 16.9. The smallest absolute Gasteiger partial charge is 0.414 e. The topological polar surface area (TPSA) is 91.8 Å². The number of amides is 2. The molecule has 0 radical (unpaired) electrons. The number of aryl methyl sites for hydroxylation is 1. The van der Waals surface area contributed by atoms with E-state index in [9.17, 15) is 9.59 Å². The molecule has 0 aliphatic carbocycles. The Morgan fingerprint density at radius 3 is 2.68 bits per heavy atom. The minimum atomic E-state index is -0.493. The SMILES string of the molecule is CNC(=O)c1ccc(-c2ccc(N3C[C@H](CO)OC3=O)c(C)c2)cn1. The van der Waals surface area contributed by atoms with Crippen LogP contribution < -0.4 is 10.2 Å². The Kier molecular flexibility index (Phi) is 4.67. The van der Waals surface area contributed by atoms with E-state index in [-0.39, 0.29) is 12.5 Å². The number of hydrogen-bond donors (Lipinski definition) is 2. The Balaban J connectivity index is 1.85. The molecule has 25 heavy (non-hydrogen) atoms. The lowest BCUT2D eigenvalue weighted by molar-refractivity contribution is 0.0955. The number of ether oxygens (including phenoxy) is 1. The molecule has 7 nitrogen and oxygen atoms in total. The number of pyridine rings is 1. The van der Waals surface area contributed by atoms with Gasteiger partial charge in [-0.2, -0.15) is 0 Å². The third-order valence-corrected chi connectivity index (χ3v) is 4.12. The number of benzene rings is 1. The van der Waals surface area contributed by atoms with Crippen LogP contribution in [-0.2, 0) is 4.74 Å². The van der Waals surface area contributed by atoms with Gasteiger partial charge in [0, 0.05) is 18.8 Å². The van der Waals surface area contributed by atoms with Crippen molar-refractivity contribution in [3.05, 3.63) is 47.8 Å². The summed E-state index contributed by atoms with van der Waals surface area (Å²) in [6, 6.07) is 9.18. The summed E-state index contributed by atoms with van der Waals surface area (Å²) in [5.41, 5.74) is 3.82. The second-order valence-corrected chi connectivity index (χ2v) is 5.81. The Labute approximate surface area is 145 Å². The average molecular weight is 341 g/mol. The molecule has 0 saturated carbocycles. The predicted molar refractivity (Wildman–Crippen MR) is 92.5 cm³/mol. The lowest BCUT2D eigenvalue weighted by Crippen LogP contribution is -2.26. The summed E-state index contributed by atoms with van der Waals surface area (Å²) in [6.07, 6.45) is 0.699. The first-order valence-electron chi connectivity index (χ1n) is 7.91. The van der Waals surface area contributed by atoms with Crippen molar-refractivity contribution in [3.63, 3.8) is 0 Å². The highest BCUT2D eigenvalue weighted by molar-refractivity contribution is 5.93. The first-order valence-corrected chi connectivity index (χ1v) is 7.91. The van der Waals surface area contributed by atoms with Crippen LogP contribution in [0.15, 0.2) is 36.5 Å². The number of rotatable bonds is 4. The van der Waals surface area contributed by atoms with Crippen LogP contribution in [0, 0.1) is 6.92 Å². The zero-order chi connectivity index (χ0) is 18.0. The van der Waals surface area contributed by atoms with Gasteiger partial charge in [-0.15, -0.1) is 0 Å². The van der Waals surface area contributed by atoms with Crippen LogP contribution in [0.1, 0.15) is 16.1 Å². The van der Waals surface area contributed by atoms with Gasteiger partial charge in [-0.3, -0.25) is 14.7 Å². The molecule has 1 atom stereocenters. The van der Waals surface area contributed by atoms with Crippen molar-refractivity contribution in [1.29, 1.82) is 0 Å². The van der Waals surface area contributed by atoms with E-state index in [1.54, 1.807) is 19.3 Å².